The van der Waals surface area contributed by atoms with Crippen molar-refractivity contribution in [1.29, 1.82) is 0 Å². The number of nitrogens with one attached hydrogen (secondary N) is 1. The summed E-state index contributed by atoms with van der Waals surface area (Å²) < 4.78 is 0. The van der Waals surface area contributed by atoms with Crippen molar-refractivity contribution < 1.29 is 5.11 Å². The lowest BCUT2D eigenvalue weighted by Gasteiger charge is -2.33. The van der Waals surface area contributed by atoms with Crippen molar-refractivity contribution in [3.05, 3.63) is 0 Å². The SMILES string of the molecule is CC(O)CC(C)NC1CCC(C(C)C)CC1. The Kier molecular flexibility index (Phi) is 5.77. The topological polar surface area (TPSA) is 32.3 Å². The van der Waals surface area contributed by atoms with Crippen LogP contribution in [0.25, 0.3) is 0 Å². The first kappa shape index (κ1) is 14.0. The van der Waals surface area contributed by atoms with E-state index in [1.54, 1.807) is 0 Å². The fourth-order valence-electron chi connectivity index (χ4n) is 2.93. The van der Waals surface area contributed by atoms with Crippen LogP contribution in [-0.4, -0.2) is 23.3 Å². The van der Waals surface area contributed by atoms with Crippen LogP contribution < -0.4 is 5.32 Å². The van der Waals surface area contributed by atoms with E-state index in [9.17, 15) is 5.11 Å². The first-order chi connectivity index (χ1) is 7.49. The largest absolute Gasteiger partial charge is 0.393 e. The van der Waals surface area contributed by atoms with Crippen molar-refractivity contribution in [1.82, 2.24) is 5.32 Å². The van der Waals surface area contributed by atoms with E-state index in [2.05, 4.69) is 26.1 Å². The van der Waals surface area contributed by atoms with Crippen molar-refractivity contribution >= 4 is 0 Å². The maximum Gasteiger partial charge on any atom is 0.0526 e. The smallest absolute Gasteiger partial charge is 0.0526 e. The van der Waals surface area contributed by atoms with Crippen LogP contribution in [0, 0.1) is 11.8 Å². The lowest BCUT2D eigenvalue weighted by molar-refractivity contribution is 0.160. The summed E-state index contributed by atoms with van der Waals surface area (Å²) in [5.74, 6) is 1.78. The molecule has 0 heterocycles. The van der Waals surface area contributed by atoms with Gasteiger partial charge in [-0.05, 0) is 57.8 Å². The highest BCUT2D eigenvalue weighted by atomic mass is 16.3. The predicted octanol–water partition coefficient (Wildman–Crippen LogP) is 2.95. The standard InChI is InChI=1S/C14H29NO/c1-10(2)13-5-7-14(8-6-13)15-11(3)9-12(4)16/h10-16H,5-9H2,1-4H3. The van der Waals surface area contributed by atoms with E-state index in [0.717, 1.165) is 18.3 Å². The van der Waals surface area contributed by atoms with Gasteiger partial charge in [0.15, 0.2) is 0 Å². The molecule has 1 fully saturated rings. The summed E-state index contributed by atoms with van der Waals surface area (Å²) >= 11 is 0. The number of aliphatic hydroxyl groups is 1. The summed E-state index contributed by atoms with van der Waals surface area (Å²) in [5, 5.41) is 13.0. The predicted molar refractivity (Wildman–Crippen MR) is 69.5 cm³/mol. The normalized spacial score (nSPS) is 30.4. The van der Waals surface area contributed by atoms with Gasteiger partial charge in [-0.2, -0.15) is 0 Å². The Labute approximate surface area is 101 Å². The molecule has 0 aliphatic heterocycles. The van der Waals surface area contributed by atoms with Crippen LogP contribution in [0.3, 0.4) is 0 Å². The maximum atomic E-state index is 9.33. The molecular formula is C14H29NO. The average Bonchev–Trinajstić information content (AvgIpc) is 2.16. The van der Waals surface area contributed by atoms with Crippen LogP contribution in [-0.2, 0) is 0 Å². The van der Waals surface area contributed by atoms with E-state index in [1.165, 1.54) is 25.7 Å². The summed E-state index contributed by atoms with van der Waals surface area (Å²) in [6, 6.07) is 1.13. The zero-order chi connectivity index (χ0) is 12.1. The highest BCUT2D eigenvalue weighted by Gasteiger charge is 2.23. The van der Waals surface area contributed by atoms with E-state index < -0.39 is 0 Å². The monoisotopic (exact) mass is 227 g/mol. The van der Waals surface area contributed by atoms with Gasteiger partial charge in [-0.1, -0.05) is 13.8 Å². The molecule has 0 radical (unpaired) electrons. The van der Waals surface area contributed by atoms with Crippen molar-refractivity contribution in [2.45, 2.75) is 78.0 Å². The van der Waals surface area contributed by atoms with Crippen molar-refractivity contribution in [2.75, 3.05) is 0 Å². The van der Waals surface area contributed by atoms with E-state index in [-0.39, 0.29) is 6.10 Å². The summed E-state index contributed by atoms with van der Waals surface area (Å²) in [6.07, 6.45) is 6.05. The van der Waals surface area contributed by atoms with Gasteiger partial charge in [-0.15, -0.1) is 0 Å². The highest BCUT2D eigenvalue weighted by Crippen LogP contribution is 2.30. The maximum absolute atomic E-state index is 9.33. The van der Waals surface area contributed by atoms with Crippen molar-refractivity contribution in [3.63, 3.8) is 0 Å². The Bertz CT molecular complexity index is 183. The van der Waals surface area contributed by atoms with Gasteiger partial charge in [0.05, 0.1) is 6.10 Å². The third kappa shape index (κ3) is 4.84. The fraction of sp³-hybridized carbons (Fsp3) is 1.00. The minimum Gasteiger partial charge on any atom is -0.393 e. The molecule has 0 saturated heterocycles. The fourth-order valence-corrected chi connectivity index (χ4v) is 2.93. The zero-order valence-electron chi connectivity index (χ0n) is 11.4. The molecular weight excluding hydrogens is 198 g/mol. The third-order valence-corrected chi connectivity index (χ3v) is 3.93. The molecule has 0 aromatic carbocycles. The Morgan fingerprint density at radius 3 is 2.06 bits per heavy atom. The Morgan fingerprint density at radius 2 is 1.62 bits per heavy atom. The summed E-state index contributed by atoms with van der Waals surface area (Å²) in [6.45, 7) is 8.73. The minimum atomic E-state index is -0.186. The van der Waals surface area contributed by atoms with Gasteiger partial charge >= 0.3 is 0 Å². The van der Waals surface area contributed by atoms with E-state index in [1.807, 2.05) is 6.92 Å². The molecule has 0 spiro atoms. The molecule has 0 bridgehead atoms. The molecule has 1 saturated carbocycles. The Balaban J connectivity index is 2.21. The molecule has 2 nitrogen and oxygen atoms in total. The summed E-state index contributed by atoms with van der Waals surface area (Å²) in [4.78, 5) is 0. The molecule has 96 valence electrons. The van der Waals surface area contributed by atoms with Crippen LogP contribution in [0.2, 0.25) is 0 Å². The molecule has 2 heteroatoms. The molecule has 0 aromatic heterocycles. The first-order valence-corrected chi connectivity index (χ1v) is 6.93. The number of rotatable bonds is 5. The van der Waals surface area contributed by atoms with E-state index >= 15 is 0 Å². The Morgan fingerprint density at radius 1 is 1.06 bits per heavy atom. The van der Waals surface area contributed by atoms with Crippen molar-refractivity contribution in [2.24, 2.45) is 11.8 Å². The lowest BCUT2D eigenvalue weighted by Crippen LogP contribution is -2.40. The zero-order valence-corrected chi connectivity index (χ0v) is 11.4. The molecule has 1 rings (SSSR count). The lowest BCUT2D eigenvalue weighted by atomic mass is 9.79. The second-order valence-corrected chi connectivity index (χ2v) is 6.01. The molecule has 0 aromatic rings. The van der Waals surface area contributed by atoms with Gasteiger partial charge in [-0.25, -0.2) is 0 Å². The number of hydrogen-bond donors (Lipinski definition) is 2. The number of hydrogen-bond acceptors (Lipinski definition) is 2. The molecule has 0 amide bonds. The van der Waals surface area contributed by atoms with Crippen LogP contribution in [0.15, 0.2) is 0 Å². The van der Waals surface area contributed by atoms with Gasteiger partial charge in [0.1, 0.15) is 0 Å². The van der Waals surface area contributed by atoms with E-state index in [4.69, 9.17) is 0 Å². The van der Waals surface area contributed by atoms with Crippen LogP contribution >= 0.6 is 0 Å². The van der Waals surface area contributed by atoms with Crippen LogP contribution in [0.1, 0.15) is 59.8 Å². The number of aliphatic hydroxyl groups excluding tert-OH is 1. The van der Waals surface area contributed by atoms with Gasteiger partial charge < -0.3 is 10.4 Å². The second-order valence-electron chi connectivity index (χ2n) is 6.01. The Hall–Kier alpha value is -0.0800. The summed E-state index contributed by atoms with van der Waals surface area (Å²) in [7, 11) is 0. The second kappa shape index (κ2) is 6.61. The van der Waals surface area contributed by atoms with Crippen LogP contribution in [0.4, 0.5) is 0 Å². The van der Waals surface area contributed by atoms with Gasteiger partial charge in [-0.3, -0.25) is 0 Å². The van der Waals surface area contributed by atoms with Crippen molar-refractivity contribution in [3.8, 4) is 0 Å². The van der Waals surface area contributed by atoms with Gasteiger partial charge in [0.25, 0.3) is 0 Å². The van der Waals surface area contributed by atoms with Gasteiger partial charge in [0, 0.05) is 12.1 Å². The highest BCUT2D eigenvalue weighted by molar-refractivity contribution is 4.80. The molecule has 1 aliphatic rings. The molecule has 2 atom stereocenters. The molecule has 2 unspecified atom stereocenters. The average molecular weight is 227 g/mol. The van der Waals surface area contributed by atoms with E-state index in [0.29, 0.717) is 12.1 Å². The van der Waals surface area contributed by atoms with Crippen LogP contribution in [0.5, 0.6) is 0 Å². The molecule has 16 heavy (non-hydrogen) atoms. The van der Waals surface area contributed by atoms with Gasteiger partial charge in [0.2, 0.25) is 0 Å². The minimum absolute atomic E-state index is 0.186. The quantitative estimate of drug-likeness (QED) is 0.757. The third-order valence-electron chi connectivity index (χ3n) is 3.93. The molecule has 1 aliphatic carbocycles. The molecule has 2 N–H and O–H groups in total. The first-order valence-electron chi connectivity index (χ1n) is 6.93. The summed E-state index contributed by atoms with van der Waals surface area (Å²) in [5.41, 5.74) is 0.